The molecule has 0 aliphatic rings. The van der Waals surface area contributed by atoms with Gasteiger partial charge in [0.2, 0.25) is 11.8 Å². The van der Waals surface area contributed by atoms with Crippen molar-refractivity contribution in [1.82, 2.24) is 45.5 Å². The van der Waals surface area contributed by atoms with Crippen LogP contribution >= 0.6 is 23.2 Å². The molecular weight excluding hydrogens is 637 g/mol. The number of amides is 3. The maximum Gasteiger partial charge on any atom is 0.409 e. The number of nitrogens with zero attached hydrogens (tertiary/aromatic N) is 8. The number of hydrogen-bond acceptors (Lipinski definition) is 10. The zero-order valence-corrected chi connectivity index (χ0v) is 25.8. The number of anilines is 1. The van der Waals surface area contributed by atoms with Crippen LogP contribution in [0.4, 0.5) is 10.6 Å². The van der Waals surface area contributed by atoms with Gasteiger partial charge >= 0.3 is 6.09 Å². The summed E-state index contributed by atoms with van der Waals surface area (Å²) in [6, 6.07) is 10.4. The van der Waals surface area contributed by atoms with Crippen LogP contribution in [0.1, 0.15) is 29.5 Å². The molecule has 0 bridgehead atoms. The lowest BCUT2D eigenvalue weighted by molar-refractivity contribution is -0.120. The summed E-state index contributed by atoms with van der Waals surface area (Å²) < 4.78 is 6.30. The predicted octanol–water partition coefficient (Wildman–Crippen LogP) is 3.84. The SMILES string of the molecule is Cc1cnc(N(C)C(=O)CC(NC(=O)C=Cc2cc(Cl)ccc2-n2cnnn2)c2nc(-c3ccc(OC(N)=O)cc3)c(Cl)[nH]2)cn1. The highest BCUT2D eigenvalue weighted by Gasteiger charge is 2.26. The molecule has 5 aromatic rings. The first kappa shape index (κ1) is 31.7. The summed E-state index contributed by atoms with van der Waals surface area (Å²) in [5.41, 5.74) is 7.83. The number of primary amides is 1. The van der Waals surface area contributed by atoms with E-state index in [0.717, 1.165) is 0 Å². The highest BCUT2D eigenvalue weighted by Crippen LogP contribution is 2.30. The van der Waals surface area contributed by atoms with E-state index in [1.165, 1.54) is 40.3 Å². The summed E-state index contributed by atoms with van der Waals surface area (Å²) in [7, 11) is 1.55. The van der Waals surface area contributed by atoms with Gasteiger partial charge < -0.3 is 20.8 Å². The van der Waals surface area contributed by atoms with Gasteiger partial charge in [-0.15, -0.1) is 5.10 Å². The van der Waals surface area contributed by atoms with Crippen LogP contribution in [0, 0.1) is 6.92 Å². The lowest BCUT2D eigenvalue weighted by Gasteiger charge is -2.20. The third-order valence-electron chi connectivity index (χ3n) is 6.53. The summed E-state index contributed by atoms with van der Waals surface area (Å²) in [6.07, 6.45) is 6.09. The van der Waals surface area contributed by atoms with Crippen LogP contribution in [0.2, 0.25) is 10.2 Å². The Morgan fingerprint density at radius 3 is 2.59 bits per heavy atom. The van der Waals surface area contributed by atoms with Crippen LogP contribution in [-0.4, -0.2) is 65.1 Å². The van der Waals surface area contributed by atoms with Gasteiger partial charge in [-0.05, 0) is 65.9 Å². The van der Waals surface area contributed by atoms with Gasteiger partial charge in [-0.25, -0.2) is 14.8 Å². The number of nitrogens with two attached hydrogens (primary N) is 1. The summed E-state index contributed by atoms with van der Waals surface area (Å²) in [6.45, 7) is 1.78. The molecule has 4 N–H and O–H groups in total. The molecule has 0 spiro atoms. The van der Waals surface area contributed by atoms with Crippen molar-refractivity contribution in [3.8, 4) is 22.7 Å². The predicted molar refractivity (Wildman–Crippen MR) is 168 cm³/mol. The highest BCUT2D eigenvalue weighted by atomic mass is 35.5. The molecule has 0 aliphatic carbocycles. The minimum atomic E-state index is -0.951. The fourth-order valence-electron chi connectivity index (χ4n) is 4.26. The molecule has 17 heteroatoms. The van der Waals surface area contributed by atoms with Crippen molar-refractivity contribution in [3.63, 3.8) is 0 Å². The summed E-state index contributed by atoms with van der Waals surface area (Å²) in [5, 5.41) is 14.6. The number of nitrogens with one attached hydrogen (secondary N) is 2. The van der Waals surface area contributed by atoms with Gasteiger partial charge in [0.05, 0.1) is 36.2 Å². The summed E-state index contributed by atoms with van der Waals surface area (Å²) in [4.78, 5) is 55.1. The number of imidazole rings is 1. The van der Waals surface area contributed by atoms with Crippen LogP contribution in [0.25, 0.3) is 23.0 Å². The second-order valence-electron chi connectivity index (χ2n) is 9.76. The molecule has 15 nitrogen and oxygen atoms in total. The molecule has 1 unspecified atom stereocenters. The Balaban J connectivity index is 1.42. The molecule has 3 heterocycles. The first-order valence-electron chi connectivity index (χ1n) is 13.5. The number of aryl methyl sites for hydroxylation is 1. The van der Waals surface area contributed by atoms with Gasteiger partial charge in [-0.3, -0.25) is 19.5 Å². The van der Waals surface area contributed by atoms with Crippen LogP contribution in [0.3, 0.4) is 0 Å². The molecule has 3 amide bonds. The fraction of sp³-hybridized carbons (Fsp3) is 0.138. The number of ether oxygens (including phenoxy) is 1. The number of H-pyrrole nitrogens is 1. The Bertz CT molecular complexity index is 1890. The molecule has 234 valence electrons. The molecule has 1 atom stereocenters. The average Bonchev–Trinajstić information content (AvgIpc) is 3.70. The Morgan fingerprint density at radius 1 is 1.13 bits per heavy atom. The Kier molecular flexibility index (Phi) is 9.64. The monoisotopic (exact) mass is 661 g/mol. The zero-order valence-electron chi connectivity index (χ0n) is 24.3. The summed E-state index contributed by atoms with van der Waals surface area (Å²) in [5.74, 6) is -0.150. The number of tetrazole rings is 1. The fourth-order valence-corrected chi connectivity index (χ4v) is 4.69. The van der Waals surface area contributed by atoms with Gasteiger partial charge in [0.25, 0.3) is 0 Å². The number of rotatable bonds is 10. The van der Waals surface area contributed by atoms with Crippen LogP contribution in [0.5, 0.6) is 5.75 Å². The van der Waals surface area contributed by atoms with Crippen molar-refractivity contribution < 1.29 is 19.1 Å². The van der Waals surface area contributed by atoms with Gasteiger partial charge in [-0.2, -0.15) is 4.68 Å². The molecule has 46 heavy (non-hydrogen) atoms. The molecule has 5 rings (SSSR count). The highest BCUT2D eigenvalue weighted by molar-refractivity contribution is 6.32. The largest absolute Gasteiger partial charge is 0.411 e. The average molecular weight is 662 g/mol. The molecule has 0 saturated carbocycles. The first-order valence-corrected chi connectivity index (χ1v) is 14.2. The number of aromatic amines is 1. The number of aromatic nitrogens is 8. The Hall–Kier alpha value is -5.67. The van der Waals surface area contributed by atoms with E-state index in [4.69, 9.17) is 33.7 Å². The lowest BCUT2D eigenvalue weighted by Crippen LogP contribution is -2.35. The third-order valence-corrected chi connectivity index (χ3v) is 7.04. The van der Waals surface area contributed by atoms with E-state index in [1.807, 2.05) is 0 Å². The standard InChI is InChI=1S/C29H25Cl2N11O4/c1-16-13-34-23(14-33-16)41(2)25(44)12-21(28-37-26(27(31)38-28)17-3-7-20(8-4-17)46-29(32)45)36-24(43)10-5-18-11-19(30)6-9-22(18)42-15-35-39-40-42/h3-11,13-15,21H,12H2,1-2H3,(H2,32,45)(H,36,43)(H,37,38). The normalized spacial score (nSPS) is 11.7. The van der Waals surface area contributed by atoms with Gasteiger partial charge in [-0.1, -0.05) is 23.2 Å². The molecule has 0 saturated heterocycles. The Labute approximate surface area is 271 Å². The molecular formula is C29H25Cl2N11O4. The number of halogens is 2. The second kappa shape index (κ2) is 14.0. The quantitative estimate of drug-likeness (QED) is 0.185. The van der Waals surface area contributed by atoms with Crippen molar-refractivity contribution in [3.05, 3.63) is 94.5 Å². The zero-order chi connectivity index (χ0) is 32.8. The second-order valence-corrected chi connectivity index (χ2v) is 10.6. The van der Waals surface area contributed by atoms with Gasteiger partial charge in [0.1, 0.15) is 28.7 Å². The molecule has 0 aliphatic heterocycles. The van der Waals surface area contributed by atoms with E-state index in [9.17, 15) is 14.4 Å². The van der Waals surface area contributed by atoms with Crippen molar-refractivity contribution in [1.29, 1.82) is 0 Å². The maximum atomic E-state index is 13.4. The van der Waals surface area contributed by atoms with Crippen molar-refractivity contribution in [2.24, 2.45) is 5.73 Å². The van der Waals surface area contributed by atoms with Gasteiger partial charge in [0, 0.05) is 29.3 Å². The smallest absolute Gasteiger partial charge is 0.409 e. The molecule has 3 aromatic heterocycles. The van der Waals surface area contributed by atoms with Crippen molar-refractivity contribution in [2.75, 3.05) is 11.9 Å². The minimum Gasteiger partial charge on any atom is -0.411 e. The Morgan fingerprint density at radius 2 is 1.91 bits per heavy atom. The summed E-state index contributed by atoms with van der Waals surface area (Å²) >= 11 is 12.7. The van der Waals surface area contributed by atoms with E-state index in [1.54, 1.807) is 56.6 Å². The topological polar surface area (TPSA) is 200 Å². The lowest BCUT2D eigenvalue weighted by atomic mass is 10.1. The van der Waals surface area contributed by atoms with Gasteiger partial charge in [0.15, 0.2) is 5.82 Å². The molecule has 0 radical (unpaired) electrons. The number of carbonyl (C=O) groups is 3. The molecule has 2 aromatic carbocycles. The van der Waals surface area contributed by atoms with Crippen molar-refractivity contribution in [2.45, 2.75) is 19.4 Å². The molecule has 0 fully saturated rings. The van der Waals surface area contributed by atoms with Crippen molar-refractivity contribution >= 4 is 53.0 Å². The minimum absolute atomic E-state index is 0.156. The van der Waals surface area contributed by atoms with E-state index < -0.39 is 18.0 Å². The van der Waals surface area contributed by atoms with Crippen LogP contribution < -0.4 is 20.7 Å². The number of benzene rings is 2. The van der Waals surface area contributed by atoms with Crippen LogP contribution in [0.15, 0.2) is 67.3 Å². The maximum absolute atomic E-state index is 13.4. The number of hydrogen-bond donors (Lipinski definition) is 3. The van der Waals surface area contributed by atoms with E-state index in [-0.39, 0.29) is 29.1 Å². The van der Waals surface area contributed by atoms with E-state index >= 15 is 0 Å². The van der Waals surface area contributed by atoms with E-state index in [2.05, 4.69) is 40.8 Å². The van der Waals surface area contributed by atoms with E-state index in [0.29, 0.717) is 39.0 Å². The first-order chi connectivity index (χ1) is 22.1. The third kappa shape index (κ3) is 7.69. The number of carbonyl (C=O) groups excluding carboxylic acids is 3. The van der Waals surface area contributed by atoms with Crippen LogP contribution in [-0.2, 0) is 9.59 Å².